The Balaban J connectivity index is 2.63. The highest BCUT2D eigenvalue weighted by Gasteiger charge is 2.11. The molecule has 0 radical (unpaired) electrons. The summed E-state index contributed by atoms with van der Waals surface area (Å²) in [4.78, 5) is 8.45. The minimum atomic E-state index is 0.456. The zero-order chi connectivity index (χ0) is 10.6. The lowest BCUT2D eigenvalue weighted by Crippen LogP contribution is -2.25. The molecule has 3 heteroatoms. The molecule has 78 valence electrons. The zero-order valence-corrected chi connectivity index (χ0v) is 9.41. The summed E-state index contributed by atoms with van der Waals surface area (Å²) in [5.41, 5.74) is 1.09. The smallest absolute Gasteiger partial charge is 0.222 e. The third kappa shape index (κ3) is 2.98. The van der Waals surface area contributed by atoms with E-state index in [-0.39, 0.29) is 0 Å². The average Bonchev–Trinajstić information content (AvgIpc) is 2.16. The molecule has 0 aliphatic heterocycles. The molecule has 0 bridgehead atoms. The molecule has 0 aliphatic rings. The van der Waals surface area contributed by atoms with Crippen molar-refractivity contribution >= 4 is 5.95 Å². The van der Waals surface area contributed by atoms with Gasteiger partial charge in [-0.25, -0.2) is 9.97 Å². The van der Waals surface area contributed by atoms with Crippen LogP contribution in [0.5, 0.6) is 0 Å². The average molecular weight is 193 g/mol. The maximum atomic E-state index is 4.23. The van der Waals surface area contributed by atoms with Crippen LogP contribution in [0.3, 0.4) is 0 Å². The Kier molecular flexibility index (Phi) is 3.86. The Hall–Kier alpha value is -1.12. The van der Waals surface area contributed by atoms with Gasteiger partial charge in [-0.05, 0) is 24.8 Å². The Morgan fingerprint density at radius 3 is 2.29 bits per heavy atom. The van der Waals surface area contributed by atoms with Crippen molar-refractivity contribution in [3.63, 3.8) is 0 Å². The van der Waals surface area contributed by atoms with E-state index in [9.17, 15) is 0 Å². The van der Waals surface area contributed by atoms with Gasteiger partial charge in [0, 0.05) is 18.4 Å². The van der Waals surface area contributed by atoms with Crippen molar-refractivity contribution in [1.29, 1.82) is 0 Å². The molecule has 0 saturated carbocycles. The van der Waals surface area contributed by atoms with Gasteiger partial charge in [-0.1, -0.05) is 20.8 Å². The van der Waals surface area contributed by atoms with E-state index in [0.29, 0.717) is 12.0 Å². The summed E-state index contributed by atoms with van der Waals surface area (Å²) in [6.45, 7) is 8.57. The molecule has 0 aromatic carbocycles. The summed E-state index contributed by atoms with van der Waals surface area (Å²) in [5.74, 6) is 1.33. The minimum absolute atomic E-state index is 0.456. The van der Waals surface area contributed by atoms with Crippen molar-refractivity contribution in [2.45, 2.75) is 40.2 Å². The monoisotopic (exact) mass is 193 g/mol. The molecule has 1 N–H and O–H groups in total. The van der Waals surface area contributed by atoms with Crippen molar-refractivity contribution in [3.8, 4) is 0 Å². The maximum absolute atomic E-state index is 4.23. The van der Waals surface area contributed by atoms with Crippen LogP contribution in [-0.4, -0.2) is 16.0 Å². The van der Waals surface area contributed by atoms with Gasteiger partial charge in [0.1, 0.15) is 0 Å². The molecule has 1 aromatic heterocycles. The quantitative estimate of drug-likeness (QED) is 0.798. The van der Waals surface area contributed by atoms with Crippen LogP contribution in [0.4, 0.5) is 5.95 Å². The highest BCUT2D eigenvalue weighted by molar-refractivity contribution is 5.26. The van der Waals surface area contributed by atoms with E-state index in [1.54, 1.807) is 0 Å². The number of anilines is 1. The van der Waals surface area contributed by atoms with Gasteiger partial charge in [0.2, 0.25) is 5.95 Å². The summed E-state index contributed by atoms with van der Waals surface area (Å²) >= 11 is 0. The first-order valence-electron chi connectivity index (χ1n) is 5.18. The fourth-order valence-electron chi connectivity index (χ4n) is 1.37. The number of hydrogen-bond donors (Lipinski definition) is 1. The van der Waals surface area contributed by atoms with Gasteiger partial charge in [0.15, 0.2) is 0 Å². The summed E-state index contributed by atoms with van der Waals surface area (Å²) in [6, 6.07) is 0.456. The predicted octanol–water partition coefficient (Wildman–Crippen LogP) is 2.63. The first kappa shape index (κ1) is 11.0. The molecule has 0 fully saturated rings. The van der Waals surface area contributed by atoms with Gasteiger partial charge in [-0.15, -0.1) is 0 Å². The van der Waals surface area contributed by atoms with Gasteiger partial charge in [-0.2, -0.15) is 0 Å². The first-order valence-corrected chi connectivity index (χ1v) is 5.18. The maximum Gasteiger partial charge on any atom is 0.222 e. The van der Waals surface area contributed by atoms with Gasteiger partial charge < -0.3 is 5.32 Å². The molecule has 1 heterocycles. The Bertz CT molecular complexity index is 266. The lowest BCUT2D eigenvalue weighted by atomic mass is 10.0. The van der Waals surface area contributed by atoms with Crippen molar-refractivity contribution in [2.24, 2.45) is 5.92 Å². The molecule has 0 aliphatic carbocycles. The van der Waals surface area contributed by atoms with Gasteiger partial charge in [0.05, 0.1) is 0 Å². The van der Waals surface area contributed by atoms with Gasteiger partial charge in [-0.3, -0.25) is 0 Å². The molecule has 1 atom stereocenters. The van der Waals surface area contributed by atoms with E-state index in [0.717, 1.165) is 17.9 Å². The third-order valence-electron chi connectivity index (χ3n) is 2.34. The van der Waals surface area contributed by atoms with Crippen LogP contribution >= 0.6 is 0 Å². The molecular weight excluding hydrogens is 174 g/mol. The summed E-state index contributed by atoms with van der Waals surface area (Å²) in [6.07, 6.45) is 4.76. The molecule has 0 amide bonds. The minimum Gasteiger partial charge on any atom is -0.351 e. The lowest BCUT2D eigenvalue weighted by Gasteiger charge is -2.20. The van der Waals surface area contributed by atoms with Gasteiger partial charge >= 0.3 is 0 Å². The number of hydrogen-bond acceptors (Lipinski definition) is 3. The second-order valence-corrected chi connectivity index (χ2v) is 3.99. The van der Waals surface area contributed by atoms with E-state index in [2.05, 4.69) is 36.1 Å². The highest BCUT2D eigenvalue weighted by Crippen LogP contribution is 2.10. The van der Waals surface area contributed by atoms with Crippen molar-refractivity contribution in [2.75, 3.05) is 5.32 Å². The fraction of sp³-hybridized carbons (Fsp3) is 0.636. The van der Waals surface area contributed by atoms with Crippen molar-refractivity contribution in [1.82, 2.24) is 9.97 Å². The molecule has 1 unspecified atom stereocenters. The van der Waals surface area contributed by atoms with E-state index in [1.165, 1.54) is 0 Å². The predicted molar refractivity (Wildman–Crippen MR) is 59.3 cm³/mol. The summed E-state index contributed by atoms with van der Waals surface area (Å²) in [5, 5.41) is 3.33. The normalized spacial score (nSPS) is 12.9. The molecule has 3 nitrogen and oxygen atoms in total. The molecule has 14 heavy (non-hydrogen) atoms. The fourth-order valence-corrected chi connectivity index (χ4v) is 1.37. The van der Waals surface area contributed by atoms with Crippen LogP contribution in [0, 0.1) is 12.8 Å². The van der Waals surface area contributed by atoms with E-state index < -0.39 is 0 Å². The highest BCUT2D eigenvalue weighted by atomic mass is 15.1. The Labute approximate surface area is 86.0 Å². The Morgan fingerprint density at radius 2 is 1.86 bits per heavy atom. The molecule has 1 rings (SSSR count). The summed E-state index contributed by atoms with van der Waals surface area (Å²) in [7, 11) is 0. The molecule has 0 saturated heterocycles. The van der Waals surface area contributed by atoms with Crippen LogP contribution < -0.4 is 5.32 Å². The van der Waals surface area contributed by atoms with E-state index in [1.807, 2.05) is 19.3 Å². The third-order valence-corrected chi connectivity index (χ3v) is 2.34. The number of aromatic nitrogens is 2. The van der Waals surface area contributed by atoms with Crippen LogP contribution in [0.15, 0.2) is 12.4 Å². The number of nitrogens with zero attached hydrogens (tertiary/aromatic N) is 2. The molecule has 1 aromatic rings. The van der Waals surface area contributed by atoms with Crippen LogP contribution in [0.1, 0.15) is 32.8 Å². The van der Waals surface area contributed by atoms with Crippen molar-refractivity contribution in [3.05, 3.63) is 18.0 Å². The van der Waals surface area contributed by atoms with Crippen molar-refractivity contribution < 1.29 is 0 Å². The number of aryl methyl sites for hydroxylation is 1. The first-order chi connectivity index (χ1) is 6.63. The van der Waals surface area contributed by atoms with Crippen LogP contribution in [-0.2, 0) is 0 Å². The Morgan fingerprint density at radius 1 is 1.29 bits per heavy atom. The molecule has 0 spiro atoms. The zero-order valence-electron chi connectivity index (χ0n) is 9.41. The van der Waals surface area contributed by atoms with Crippen LogP contribution in [0.2, 0.25) is 0 Å². The van der Waals surface area contributed by atoms with E-state index in [4.69, 9.17) is 0 Å². The largest absolute Gasteiger partial charge is 0.351 e. The van der Waals surface area contributed by atoms with E-state index >= 15 is 0 Å². The standard InChI is InChI=1S/C11H19N3/c1-5-10(8(2)3)14-11-12-6-9(4)7-13-11/h6-8,10H,5H2,1-4H3,(H,12,13,14). The lowest BCUT2D eigenvalue weighted by molar-refractivity contribution is 0.508. The second kappa shape index (κ2) is 4.94. The number of nitrogens with one attached hydrogen (secondary N) is 1. The van der Waals surface area contributed by atoms with Gasteiger partial charge in [0.25, 0.3) is 0 Å². The van der Waals surface area contributed by atoms with Crippen LogP contribution in [0.25, 0.3) is 0 Å². The second-order valence-electron chi connectivity index (χ2n) is 3.99. The SMILES string of the molecule is CCC(Nc1ncc(C)cn1)C(C)C. The molecular formula is C11H19N3. The number of rotatable bonds is 4. The topological polar surface area (TPSA) is 37.8 Å². The summed E-state index contributed by atoms with van der Waals surface area (Å²) < 4.78 is 0.